The second-order valence-corrected chi connectivity index (χ2v) is 11.1. The molecule has 10 nitrogen and oxygen atoms in total. The van der Waals surface area contributed by atoms with E-state index in [4.69, 9.17) is 9.47 Å². The molecule has 3 aromatic rings. The normalized spacial score (nSPS) is 16.5. The molecule has 2 aromatic carbocycles. The van der Waals surface area contributed by atoms with Crippen molar-refractivity contribution in [1.82, 2.24) is 14.8 Å². The second kappa shape index (κ2) is 10.6. The van der Waals surface area contributed by atoms with E-state index in [0.29, 0.717) is 53.6 Å². The third-order valence-corrected chi connectivity index (χ3v) is 6.63. The molecule has 39 heavy (non-hydrogen) atoms. The first-order chi connectivity index (χ1) is 18.6. The van der Waals surface area contributed by atoms with Crippen LogP contribution in [0.1, 0.15) is 49.3 Å². The van der Waals surface area contributed by atoms with Crippen molar-refractivity contribution in [3.05, 3.63) is 76.4 Å². The predicted molar refractivity (Wildman–Crippen MR) is 149 cm³/mol. The fourth-order valence-electron chi connectivity index (χ4n) is 4.49. The number of aromatic nitrogens is 1. The van der Waals surface area contributed by atoms with Crippen molar-refractivity contribution in [2.75, 3.05) is 23.7 Å². The van der Waals surface area contributed by atoms with Crippen LogP contribution in [0.2, 0.25) is 0 Å². The number of carbonyl (C=O) groups excluding carboxylic acids is 3. The molecule has 2 N–H and O–H groups in total. The Hall–Kier alpha value is -4.12. The van der Waals surface area contributed by atoms with Gasteiger partial charge < -0.3 is 14.8 Å². The molecule has 4 amide bonds. The molecule has 0 saturated carbocycles. The number of anilines is 2. The summed E-state index contributed by atoms with van der Waals surface area (Å²) in [4.78, 5) is 46.1. The zero-order chi connectivity index (χ0) is 27.7. The maximum absolute atomic E-state index is 13.1. The molecule has 202 valence electrons. The molecule has 0 spiro atoms. The number of rotatable bonds is 4. The minimum Gasteiger partial charge on any atom is -0.457 e. The van der Waals surface area contributed by atoms with Crippen LogP contribution in [-0.2, 0) is 4.74 Å². The van der Waals surface area contributed by atoms with E-state index < -0.39 is 17.9 Å². The summed E-state index contributed by atoms with van der Waals surface area (Å²) < 4.78 is 12.7. The highest BCUT2D eigenvalue weighted by Crippen LogP contribution is 2.43. The van der Waals surface area contributed by atoms with Crippen LogP contribution in [0.15, 0.2) is 65.3 Å². The Kier molecular flexibility index (Phi) is 7.17. The van der Waals surface area contributed by atoms with Gasteiger partial charge in [0.1, 0.15) is 29.1 Å². The summed E-state index contributed by atoms with van der Waals surface area (Å²) in [5, 5.41) is 5.68. The average molecular weight is 594 g/mol. The number of nitrogens with zero attached hydrogens (tertiary/aromatic N) is 3. The SMILES string of the molecule is CC(C)(C)OC(=O)N1CCCN2C(=O)Nc3nccc(Oc4ccc(NC(=O)c5cccc(Br)c5)cc4)c3C21. The summed E-state index contributed by atoms with van der Waals surface area (Å²) >= 11 is 3.38. The minimum atomic E-state index is -0.732. The Morgan fingerprint density at radius 2 is 1.87 bits per heavy atom. The smallest absolute Gasteiger partial charge is 0.412 e. The lowest BCUT2D eigenvalue weighted by Crippen LogP contribution is -2.56. The first-order valence-corrected chi connectivity index (χ1v) is 13.3. The topological polar surface area (TPSA) is 113 Å². The molecule has 11 heteroatoms. The van der Waals surface area contributed by atoms with Crippen molar-refractivity contribution < 1.29 is 23.9 Å². The zero-order valence-electron chi connectivity index (χ0n) is 21.7. The maximum atomic E-state index is 13.1. The van der Waals surface area contributed by atoms with E-state index in [2.05, 4.69) is 31.5 Å². The molecule has 0 bridgehead atoms. The van der Waals surface area contributed by atoms with Crippen molar-refractivity contribution >= 4 is 45.5 Å². The van der Waals surface area contributed by atoms with E-state index in [9.17, 15) is 14.4 Å². The van der Waals surface area contributed by atoms with Crippen LogP contribution in [-0.4, -0.2) is 51.5 Å². The van der Waals surface area contributed by atoms with Gasteiger partial charge >= 0.3 is 12.1 Å². The summed E-state index contributed by atoms with van der Waals surface area (Å²) in [5.41, 5.74) is 1.00. The van der Waals surface area contributed by atoms with Crippen LogP contribution in [0, 0.1) is 0 Å². The zero-order valence-corrected chi connectivity index (χ0v) is 23.3. The van der Waals surface area contributed by atoms with E-state index >= 15 is 0 Å². The molecule has 1 atom stereocenters. The standard InChI is InChI=1S/C28H28BrN5O5/c1-28(2,3)39-27(37)34-15-5-14-33-25(34)22-21(12-13-30-23(22)32-26(33)36)38-20-10-8-19(9-11-20)31-24(35)17-6-4-7-18(29)16-17/h4,6-13,16,25H,5,14-15H2,1-3H3,(H,31,35)(H,30,32,36). The molecule has 0 aliphatic carbocycles. The summed E-state index contributed by atoms with van der Waals surface area (Å²) in [6, 6.07) is 15.4. The molecule has 2 aliphatic rings. The number of urea groups is 1. The summed E-state index contributed by atoms with van der Waals surface area (Å²) in [7, 11) is 0. The van der Waals surface area contributed by atoms with Crippen LogP contribution in [0.4, 0.5) is 21.1 Å². The molecular weight excluding hydrogens is 566 g/mol. The van der Waals surface area contributed by atoms with Crippen molar-refractivity contribution in [3.63, 3.8) is 0 Å². The Morgan fingerprint density at radius 3 is 2.59 bits per heavy atom. The molecule has 1 fully saturated rings. The molecule has 0 radical (unpaired) electrons. The van der Waals surface area contributed by atoms with Crippen molar-refractivity contribution in [2.24, 2.45) is 0 Å². The van der Waals surface area contributed by atoms with Crippen LogP contribution in [0.3, 0.4) is 0 Å². The van der Waals surface area contributed by atoms with Crippen LogP contribution < -0.4 is 15.4 Å². The van der Waals surface area contributed by atoms with Gasteiger partial charge in [0.25, 0.3) is 5.91 Å². The molecule has 5 rings (SSSR count). The van der Waals surface area contributed by atoms with Gasteiger partial charge in [0.05, 0.1) is 5.56 Å². The highest BCUT2D eigenvalue weighted by molar-refractivity contribution is 9.10. The average Bonchev–Trinajstić information content (AvgIpc) is 2.88. The number of halogens is 1. The number of ether oxygens (including phenoxy) is 2. The third-order valence-electron chi connectivity index (χ3n) is 6.14. The van der Waals surface area contributed by atoms with Gasteiger partial charge in [-0.15, -0.1) is 0 Å². The Morgan fingerprint density at radius 1 is 1.10 bits per heavy atom. The largest absolute Gasteiger partial charge is 0.457 e. The molecule has 1 aromatic heterocycles. The van der Waals surface area contributed by atoms with Gasteiger partial charge in [0, 0.05) is 35.0 Å². The van der Waals surface area contributed by atoms with E-state index in [1.54, 1.807) is 79.1 Å². The van der Waals surface area contributed by atoms with E-state index in [0.717, 1.165) is 4.47 Å². The fraction of sp³-hybridized carbons (Fsp3) is 0.286. The number of hydrogen-bond acceptors (Lipinski definition) is 6. The summed E-state index contributed by atoms with van der Waals surface area (Å²) in [6.45, 7) is 6.29. The van der Waals surface area contributed by atoms with E-state index in [1.807, 2.05) is 6.07 Å². The maximum Gasteiger partial charge on any atom is 0.412 e. The molecule has 1 unspecified atom stereocenters. The minimum absolute atomic E-state index is 0.233. The van der Waals surface area contributed by atoms with Crippen LogP contribution >= 0.6 is 15.9 Å². The molecule has 2 aliphatic heterocycles. The number of hydrogen-bond donors (Lipinski definition) is 2. The number of pyridine rings is 1. The Labute approximate surface area is 234 Å². The van der Waals surface area contributed by atoms with Gasteiger partial charge in [-0.2, -0.15) is 0 Å². The van der Waals surface area contributed by atoms with Gasteiger partial charge in [-0.05, 0) is 75.7 Å². The van der Waals surface area contributed by atoms with Crippen molar-refractivity contribution in [2.45, 2.75) is 39.0 Å². The monoisotopic (exact) mass is 593 g/mol. The lowest BCUT2D eigenvalue weighted by Gasteiger charge is -2.46. The molecule has 1 saturated heterocycles. The number of nitrogens with one attached hydrogen (secondary N) is 2. The third kappa shape index (κ3) is 5.83. The lowest BCUT2D eigenvalue weighted by molar-refractivity contribution is -0.0183. The van der Waals surface area contributed by atoms with Crippen LogP contribution in [0.25, 0.3) is 0 Å². The highest BCUT2D eigenvalue weighted by Gasteiger charge is 2.44. The van der Waals surface area contributed by atoms with E-state index in [1.165, 1.54) is 6.20 Å². The quantitative estimate of drug-likeness (QED) is 0.363. The molecule has 3 heterocycles. The first-order valence-electron chi connectivity index (χ1n) is 12.5. The molecular formula is C28H28BrN5O5. The summed E-state index contributed by atoms with van der Waals surface area (Å²) in [5.74, 6) is 1.04. The fourth-order valence-corrected chi connectivity index (χ4v) is 4.89. The lowest BCUT2D eigenvalue weighted by atomic mass is 10.0. The summed E-state index contributed by atoms with van der Waals surface area (Å²) in [6.07, 6.45) is 0.905. The van der Waals surface area contributed by atoms with Gasteiger partial charge in [-0.25, -0.2) is 14.6 Å². The van der Waals surface area contributed by atoms with Crippen LogP contribution in [0.5, 0.6) is 11.5 Å². The first kappa shape index (κ1) is 26.5. The highest BCUT2D eigenvalue weighted by atomic mass is 79.9. The number of amides is 4. The second-order valence-electron chi connectivity index (χ2n) is 10.2. The number of carbonyl (C=O) groups is 3. The van der Waals surface area contributed by atoms with Gasteiger partial charge in [-0.3, -0.25) is 19.9 Å². The van der Waals surface area contributed by atoms with Gasteiger partial charge in [-0.1, -0.05) is 22.0 Å². The van der Waals surface area contributed by atoms with E-state index in [-0.39, 0.29) is 11.9 Å². The Bertz CT molecular complexity index is 1420. The predicted octanol–water partition coefficient (Wildman–Crippen LogP) is 6.38. The van der Waals surface area contributed by atoms with Gasteiger partial charge in [0.2, 0.25) is 0 Å². The Balaban J connectivity index is 1.40. The number of fused-ring (bicyclic) bond motifs is 3. The van der Waals surface area contributed by atoms with Gasteiger partial charge in [0.15, 0.2) is 0 Å². The van der Waals surface area contributed by atoms with Crippen molar-refractivity contribution in [3.8, 4) is 11.5 Å². The van der Waals surface area contributed by atoms with Crippen molar-refractivity contribution in [1.29, 1.82) is 0 Å². The number of benzene rings is 2.